The molecule has 15 heavy (non-hydrogen) atoms. The highest BCUT2D eigenvalue weighted by atomic mass is 16.3. The van der Waals surface area contributed by atoms with Crippen LogP contribution in [0.3, 0.4) is 0 Å². The third-order valence-electron chi connectivity index (χ3n) is 2.30. The molecule has 1 unspecified atom stereocenters. The van der Waals surface area contributed by atoms with Crippen molar-refractivity contribution in [3.05, 3.63) is 29.8 Å². The fourth-order valence-corrected chi connectivity index (χ4v) is 1.20. The number of phenolic OH excluding ortho intramolecular Hbond substituents is 1. The van der Waals surface area contributed by atoms with E-state index in [2.05, 4.69) is 4.99 Å². The smallest absolute Gasteiger partial charge is 0.124 e. The Balaban J connectivity index is 2.76. The van der Waals surface area contributed by atoms with Gasteiger partial charge in [-0.2, -0.15) is 0 Å². The second-order valence-electron chi connectivity index (χ2n) is 3.83. The zero-order valence-corrected chi connectivity index (χ0v) is 9.09. The summed E-state index contributed by atoms with van der Waals surface area (Å²) < 4.78 is 0. The second kappa shape index (κ2) is 5.51. The number of hydrogen-bond donors (Lipinski definition) is 2. The molecule has 0 fully saturated rings. The van der Waals surface area contributed by atoms with E-state index in [-0.39, 0.29) is 24.3 Å². The van der Waals surface area contributed by atoms with Crippen molar-refractivity contribution in [2.45, 2.75) is 19.9 Å². The van der Waals surface area contributed by atoms with Crippen molar-refractivity contribution in [2.24, 2.45) is 10.9 Å². The number of para-hydroxylation sites is 1. The van der Waals surface area contributed by atoms with Crippen molar-refractivity contribution in [1.29, 1.82) is 0 Å². The maximum atomic E-state index is 9.48. The Morgan fingerprint density at radius 3 is 2.53 bits per heavy atom. The predicted octanol–water partition coefficient (Wildman–Crippen LogP) is 1.83. The summed E-state index contributed by atoms with van der Waals surface area (Å²) in [5.41, 5.74) is 0.677. The molecule has 82 valence electrons. The van der Waals surface area contributed by atoms with E-state index in [1.54, 1.807) is 24.4 Å². The summed E-state index contributed by atoms with van der Waals surface area (Å²) in [6.07, 6.45) is 1.61. The van der Waals surface area contributed by atoms with Gasteiger partial charge in [0, 0.05) is 11.8 Å². The number of nitrogens with zero attached hydrogens (tertiary/aromatic N) is 1. The minimum absolute atomic E-state index is 0.0295. The van der Waals surface area contributed by atoms with Crippen LogP contribution in [0, 0.1) is 5.92 Å². The number of aliphatic imine (C=N–C) groups is 1. The number of benzene rings is 1. The number of hydrogen-bond acceptors (Lipinski definition) is 3. The molecule has 0 saturated carbocycles. The first kappa shape index (κ1) is 11.7. The van der Waals surface area contributed by atoms with E-state index in [1.165, 1.54) is 0 Å². The average Bonchev–Trinajstić information content (AvgIpc) is 2.21. The number of aliphatic hydroxyl groups excluding tert-OH is 1. The van der Waals surface area contributed by atoms with E-state index in [1.807, 2.05) is 19.9 Å². The van der Waals surface area contributed by atoms with Crippen LogP contribution in [0.1, 0.15) is 19.4 Å². The molecule has 1 atom stereocenters. The molecule has 1 aromatic carbocycles. The third kappa shape index (κ3) is 3.36. The van der Waals surface area contributed by atoms with Crippen LogP contribution < -0.4 is 0 Å². The summed E-state index contributed by atoms with van der Waals surface area (Å²) in [6.45, 7) is 4.04. The zero-order valence-electron chi connectivity index (χ0n) is 9.09. The molecule has 0 aliphatic carbocycles. The molecule has 0 bridgehead atoms. The lowest BCUT2D eigenvalue weighted by Gasteiger charge is -2.12. The topological polar surface area (TPSA) is 52.8 Å². The molecule has 1 aromatic rings. The molecule has 2 N–H and O–H groups in total. The van der Waals surface area contributed by atoms with Crippen molar-refractivity contribution in [3.63, 3.8) is 0 Å². The maximum absolute atomic E-state index is 9.48. The summed E-state index contributed by atoms with van der Waals surface area (Å²) in [7, 11) is 0. The summed E-state index contributed by atoms with van der Waals surface area (Å²) in [4.78, 5) is 4.24. The van der Waals surface area contributed by atoms with Gasteiger partial charge in [-0.1, -0.05) is 26.0 Å². The van der Waals surface area contributed by atoms with E-state index in [0.29, 0.717) is 5.56 Å². The lowest BCUT2D eigenvalue weighted by atomic mass is 10.1. The summed E-state index contributed by atoms with van der Waals surface area (Å²) in [5, 5.41) is 18.5. The van der Waals surface area contributed by atoms with Gasteiger partial charge in [0.05, 0.1) is 12.6 Å². The van der Waals surface area contributed by atoms with Crippen LogP contribution in [0.4, 0.5) is 0 Å². The molecule has 0 spiro atoms. The summed E-state index contributed by atoms with van der Waals surface area (Å²) in [6, 6.07) is 6.89. The first-order valence-corrected chi connectivity index (χ1v) is 5.07. The SMILES string of the molecule is CC(C)C(CO)/N=C/c1ccccc1O. The molecule has 0 aliphatic heterocycles. The molecular weight excluding hydrogens is 190 g/mol. The van der Waals surface area contributed by atoms with Gasteiger partial charge in [0.2, 0.25) is 0 Å². The van der Waals surface area contributed by atoms with Crippen LogP contribution in [0.5, 0.6) is 5.75 Å². The van der Waals surface area contributed by atoms with E-state index in [0.717, 1.165) is 0 Å². The monoisotopic (exact) mass is 207 g/mol. The molecule has 0 radical (unpaired) electrons. The average molecular weight is 207 g/mol. The van der Waals surface area contributed by atoms with Gasteiger partial charge < -0.3 is 10.2 Å². The van der Waals surface area contributed by atoms with Crippen LogP contribution in [-0.2, 0) is 0 Å². The molecule has 0 heterocycles. The highest BCUT2D eigenvalue weighted by Crippen LogP contribution is 2.14. The largest absolute Gasteiger partial charge is 0.507 e. The molecule has 1 rings (SSSR count). The number of rotatable bonds is 4. The fraction of sp³-hybridized carbons (Fsp3) is 0.417. The number of aliphatic hydroxyl groups is 1. The summed E-state index contributed by atoms with van der Waals surface area (Å²) in [5.74, 6) is 0.499. The van der Waals surface area contributed by atoms with Gasteiger partial charge >= 0.3 is 0 Å². The quantitative estimate of drug-likeness (QED) is 0.740. The van der Waals surface area contributed by atoms with Crippen LogP contribution in [-0.4, -0.2) is 29.1 Å². The third-order valence-corrected chi connectivity index (χ3v) is 2.30. The minimum Gasteiger partial charge on any atom is -0.507 e. The van der Waals surface area contributed by atoms with Crippen molar-refractivity contribution in [1.82, 2.24) is 0 Å². The van der Waals surface area contributed by atoms with Gasteiger partial charge in [-0.25, -0.2) is 0 Å². The lowest BCUT2D eigenvalue weighted by molar-refractivity contribution is 0.240. The first-order chi connectivity index (χ1) is 7.15. The fourth-order valence-electron chi connectivity index (χ4n) is 1.20. The summed E-state index contributed by atoms with van der Waals surface area (Å²) >= 11 is 0. The molecule has 3 heteroatoms. The highest BCUT2D eigenvalue weighted by Gasteiger charge is 2.09. The Hall–Kier alpha value is -1.35. The number of phenols is 1. The van der Waals surface area contributed by atoms with Crippen molar-refractivity contribution in [2.75, 3.05) is 6.61 Å². The van der Waals surface area contributed by atoms with Gasteiger partial charge in [-0.05, 0) is 18.1 Å². The Bertz CT molecular complexity index is 334. The maximum Gasteiger partial charge on any atom is 0.124 e. The van der Waals surface area contributed by atoms with E-state index in [9.17, 15) is 5.11 Å². The Morgan fingerprint density at radius 2 is 2.00 bits per heavy atom. The normalized spacial score (nSPS) is 13.6. The molecule has 0 saturated heterocycles. The van der Waals surface area contributed by atoms with Crippen molar-refractivity contribution < 1.29 is 10.2 Å². The van der Waals surface area contributed by atoms with E-state index in [4.69, 9.17) is 5.11 Å². The standard InChI is InChI=1S/C12H17NO2/c1-9(2)11(8-14)13-7-10-5-3-4-6-12(10)15/h3-7,9,11,14-15H,8H2,1-2H3/b13-7+. The van der Waals surface area contributed by atoms with E-state index < -0.39 is 0 Å². The van der Waals surface area contributed by atoms with Crippen LogP contribution in [0.2, 0.25) is 0 Å². The van der Waals surface area contributed by atoms with Crippen LogP contribution in [0.25, 0.3) is 0 Å². The van der Waals surface area contributed by atoms with E-state index >= 15 is 0 Å². The molecule has 3 nitrogen and oxygen atoms in total. The highest BCUT2D eigenvalue weighted by molar-refractivity contribution is 5.83. The van der Waals surface area contributed by atoms with Crippen molar-refractivity contribution >= 4 is 6.21 Å². The number of aromatic hydroxyl groups is 1. The van der Waals surface area contributed by atoms with Crippen LogP contribution in [0.15, 0.2) is 29.3 Å². The van der Waals surface area contributed by atoms with Gasteiger partial charge in [0.25, 0.3) is 0 Å². The lowest BCUT2D eigenvalue weighted by Crippen LogP contribution is -2.17. The Kier molecular flexibility index (Phi) is 4.31. The van der Waals surface area contributed by atoms with Crippen LogP contribution >= 0.6 is 0 Å². The molecular formula is C12H17NO2. The molecule has 0 amide bonds. The first-order valence-electron chi connectivity index (χ1n) is 5.07. The minimum atomic E-state index is -0.107. The van der Waals surface area contributed by atoms with Gasteiger partial charge in [-0.15, -0.1) is 0 Å². The molecule has 0 aliphatic rings. The predicted molar refractivity (Wildman–Crippen MR) is 61.4 cm³/mol. The Morgan fingerprint density at radius 1 is 1.33 bits per heavy atom. The van der Waals surface area contributed by atoms with Crippen molar-refractivity contribution in [3.8, 4) is 5.75 Å². The molecule has 0 aromatic heterocycles. The zero-order chi connectivity index (χ0) is 11.3. The van der Waals surface area contributed by atoms with Gasteiger partial charge in [0.15, 0.2) is 0 Å². The van der Waals surface area contributed by atoms with Gasteiger partial charge in [0.1, 0.15) is 5.75 Å². The second-order valence-corrected chi connectivity index (χ2v) is 3.83. The Labute approximate surface area is 90.1 Å². The van der Waals surface area contributed by atoms with Gasteiger partial charge in [-0.3, -0.25) is 4.99 Å².